The molecule has 0 amide bonds. The van der Waals surface area contributed by atoms with Crippen molar-refractivity contribution in [3.8, 4) is 5.75 Å². The van der Waals surface area contributed by atoms with Crippen LogP contribution in [0.5, 0.6) is 5.75 Å². The molecule has 128 valence electrons. The van der Waals surface area contributed by atoms with E-state index in [2.05, 4.69) is 24.3 Å². The second-order valence-corrected chi connectivity index (χ2v) is 7.35. The van der Waals surface area contributed by atoms with Crippen LogP contribution in [-0.4, -0.2) is 38.8 Å². The Balaban J connectivity index is 1.45. The van der Waals surface area contributed by atoms with Gasteiger partial charge in [-0.1, -0.05) is 0 Å². The molecule has 3 nitrogen and oxygen atoms in total. The van der Waals surface area contributed by atoms with E-state index in [4.69, 9.17) is 4.74 Å². The normalized spacial score (nSPS) is 26.7. The maximum atomic E-state index is 5.53. The molecule has 3 rings (SSSR count). The largest absolute Gasteiger partial charge is 0.494 e. The lowest BCUT2D eigenvalue weighted by molar-refractivity contribution is -0.963. The number of ether oxygens (including phenoxy) is 1. The van der Waals surface area contributed by atoms with Crippen LogP contribution in [0.25, 0.3) is 0 Å². The van der Waals surface area contributed by atoms with Crippen molar-refractivity contribution in [2.75, 3.05) is 32.8 Å². The predicted molar refractivity (Wildman–Crippen MR) is 94.2 cm³/mol. The Kier molecular flexibility index (Phi) is 6.35. The molecule has 0 aromatic heterocycles. The van der Waals surface area contributed by atoms with Crippen molar-refractivity contribution in [3.63, 3.8) is 0 Å². The van der Waals surface area contributed by atoms with Crippen LogP contribution >= 0.6 is 0 Å². The third kappa shape index (κ3) is 4.95. The lowest BCUT2D eigenvalue weighted by Gasteiger charge is -2.34. The highest BCUT2D eigenvalue weighted by molar-refractivity contribution is 5.26. The molecule has 1 aromatic carbocycles. The first-order chi connectivity index (χ1) is 11.3. The van der Waals surface area contributed by atoms with Gasteiger partial charge in [0, 0.05) is 18.4 Å². The summed E-state index contributed by atoms with van der Waals surface area (Å²) in [6, 6.07) is 9.66. The van der Waals surface area contributed by atoms with Gasteiger partial charge < -0.3 is 14.5 Å². The second-order valence-electron chi connectivity index (χ2n) is 7.35. The van der Waals surface area contributed by atoms with E-state index in [9.17, 15) is 0 Å². The first kappa shape index (κ1) is 16.8. The van der Waals surface area contributed by atoms with E-state index in [-0.39, 0.29) is 0 Å². The molecule has 0 saturated carbocycles. The summed E-state index contributed by atoms with van der Waals surface area (Å²) in [5.74, 6) is 0.995. The average Bonchev–Trinajstić information content (AvgIpc) is 2.87. The zero-order valence-electron chi connectivity index (χ0n) is 14.8. The van der Waals surface area contributed by atoms with Gasteiger partial charge >= 0.3 is 0 Å². The quantitative estimate of drug-likeness (QED) is 0.832. The van der Waals surface area contributed by atoms with Crippen LogP contribution in [0.4, 0.5) is 0 Å². The van der Waals surface area contributed by atoms with E-state index >= 15 is 0 Å². The maximum Gasteiger partial charge on any atom is 0.119 e. The Morgan fingerprint density at radius 2 is 1.57 bits per heavy atom. The molecule has 2 N–H and O–H groups in total. The van der Waals surface area contributed by atoms with Crippen LogP contribution < -0.4 is 14.5 Å². The minimum Gasteiger partial charge on any atom is -0.494 e. The Labute approximate surface area is 141 Å². The summed E-state index contributed by atoms with van der Waals surface area (Å²) < 4.78 is 5.53. The van der Waals surface area contributed by atoms with Gasteiger partial charge in [-0.3, -0.25) is 0 Å². The Hall–Kier alpha value is -1.06. The van der Waals surface area contributed by atoms with Gasteiger partial charge in [-0.15, -0.1) is 0 Å². The summed E-state index contributed by atoms with van der Waals surface area (Å²) in [4.78, 5) is 3.68. The monoisotopic (exact) mass is 318 g/mol. The summed E-state index contributed by atoms with van der Waals surface area (Å²) >= 11 is 0. The fraction of sp³-hybridized carbons (Fsp3) is 0.700. The zero-order valence-corrected chi connectivity index (χ0v) is 14.8. The number of hydrogen-bond acceptors (Lipinski definition) is 1. The molecule has 1 aromatic rings. The van der Waals surface area contributed by atoms with Gasteiger partial charge in [0.1, 0.15) is 12.3 Å². The van der Waals surface area contributed by atoms with Gasteiger partial charge in [-0.2, -0.15) is 0 Å². The topological polar surface area (TPSA) is 18.1 Å². The fourth-order valence-corrected chi connectivity index (χ4v) is 4.36. The van der Waals surface area contributed by atoms with Crippen molar-refractivity contribution in [3.05, 3.63) is 29.8 Å². The molecule has 2 saturated heterocycles. The molecular weight excluding hydrogens is 284 g/mol. The van der Waals surface area contributed by atoms with Crippen LogP contribution in [0, 0.1) is 0 Å². The Bertz CT molecular complexity index is 443. The van der Waals surface area contributed by atoms with Crippen molar-refractivity contribution in [1.82, 2.24) is 0 Å². The van der Waals surface area contributed by atoms with Gasteiger partial charge in [-0.25, -0.2) is 0 Å². The molecule has 23 heavy (non-hydrogen) atoms. The van der Waals surface area contributed by atoms with E-state index in [0.29, 0.717) is 0 Å². The standard InChI is InChI=1S/C20H32N2O/c1-2-23-20-9-7-18(8-10-20)17-21-15-11-19(12-16-21)22-13-5-3-4-6-14-22/h7-10,19H,2-6,11-17H2,1H3/p+2. The summed E-state index contributed by atoms with van der Waals surface area (Å²) in [6.45, 7) is 9.51. The van der Waals surface area contributed by atoms with Gasteiger partial charge in [0.2, 0.25) is 0 Å². The zero-order chi connectivity index (χ0) is 15.9. The van der Waals surface area contributed by atoms with Crippen LogP contribution in [0.1, 0.15) is 51.0 Å². The van der Waals surface area contributed by atoms with Crippen LogP contribution in [0.2, 0.25) is 0 Å². The number of likely N-dealkylation sites (tertiary alicyclic amines) is 2. The Morgan fingerprint density at radius 3 is 2.17 bits per heavy atom. The molecule has 2 heterocycles. The van der Waals surface area contributed by atoms with E-state index in [1.54, 1.807) is 4.90 Å². The molecule has 2 fully saturated rings. The van der Waals surface area contributed by atoms with Crippen molar-refractivity contribution in [2.45, 2.75) is 58.0 Å². The van der Waals surface area contributed by atoms with E-state index < -0.39 is 0 Å². The van der Waals surface area contributed by atoms with Gasteiger partial charge in [0.15, 0.2) is 0 Å². The minimum atomic E-state index is 0.747. The van der Waals surface area contributed by atoms with Gasteiger partial charge in [-0.05, 0) is 56.9 Å². The summed E-state index contributed by atoms with van der Waals surface area (Å²) in [7, 11) is 0. The molecule has 2 aliphatic rings. The van der Waals surface area contributed by atoms with Gasteiger partial charge in [0.25, 0.3) is 0 Å². The fourth-order valence-electron chi connectivity index (χ4n) is 4.36. The van der Waals surface area contributed by atoms with E-state index in [0.717, 1.165) is 18.4 Å². The Morgan fingerprint density at radius 1 is 0.913 bits per heavy atom. The summed E-state index contributed by atoms with van der Waals surface area (Å²) in [6.07, 6.45) is 8.67. The molecule has 0 unspecified atom stereocenters. The van der Waals surface area contributed by atoms with Crippen molar-refractivity contribution >= 4 is 0 Å². The lowest BCUT2D eigenvalue weighted by atomic mass is 10.0. The predicted octanol–water partition coefficient (Wildman–Crippen LogP) is 1.09. The van der Waals surface area contributed by atoms with E-state index in [1.165, 1.54) is 76.8 Å². The van der Waals surface area contributed by atoms with Crippen molar-refractivity contribution < 1.29 is 14.5 Å². The molecule has 0 spiro atoms. The molecule has 0 radical (unpaired) electrons. The number of benzene rings is 1. The molecule has 0 aliphatic carbocycles. The van der Waals surface area contributed by atoms with Crippen LogP contribution in [0.15, 0.2) is 24.3 Å². The highest BCUT2D eigenvalue weighted by Gasteiger charge is 2.30. The average molecular weight is 319 g/mol. The minimum absolute atomic E-state index is 0.747. The SMILES string of the molecule is CCOc1ccc(C[NH+]2CCC([NH+]3CCCCCC3)CC2)cc1. The summed E-state index contributed by atoms with van der Waals surface area (Å²) in [5.41, 5.74) is 1.45. The lowest BCUT2D eigenvalue weighted by Crippen LogP contribution is -3.20. The number of piperidine rings is 1. The first-order valence-electron chi connectivity index (χ1n) is 9.75. The smallest absolute Gasteiger partial charge is 0.119 e. The van der Waals surface area contributed by atoms with Crippen molar-refractivity contribution in [1.29, 1.82) is 0 Å². The molecule has 2 aliphatic heterocycles. The molecule has 0 atom stereocenters. The third-order valence-corrected chi connectivity index (χ3v) is 5.70. The van der Waals surface area contributed by atoms with E-state index in [1.807, 2.05) is 11.8 Å². The van der Waals surface area contributed by atoms with Crippen molar-refractivity contribution in [2.24, 2.45) is 0 Å². The highest BCUT2D eigenvalue weighted by atomic mass is 16.5. The second kappa shape index (κ2) is 8.70. The summed E-state index contributed by atoms with van der Waals surface area (Å²) in [5, 5.41) is 0. The third-order valence-electron chi connectivity index (χ3n) is 5.70. The van der Waals surface area contributed by atoms with Gasteiger partial charge in [0.05, 0.1) is 38.8 Å². The molecule has 3 heteroatoms. The molecular formula is C20H34N2O+2. The number of quaternary nitrogens is 2. The van der Waals surface area contributed by atoms with Crippen LogP contribution in [0.3, 0.4) is 0 Å². The first-order valence-corrected chi connectivity index (χ1v) is 9.75. The maximum absolute atomic E-state index is 5.53. The molecule has 0 bridgehead atoms. The number of rotatable bonds is 5. The number of hydrogen-bond donors (Lipinski definition) is 2. The van der Waals surface area contributed by atoms with Crippen LogP contribution in [-0.2, 0) is 6.54 Å². The number of nitrogens with one attached hydrogen (secondary N) is 2. The highest BCUT2D eigenvalue weighted by Crippen LogP contribution is 2.11.